The summed E-state index contributed by atoms with van der Waals surface area (Å²) in [6, 6.07) is 0. The second-order valence-corrected chi connectivity index (χ2v) is 7.06. The standard InChI is InChI=1S/C13H21N5O2S/c1-4-14-12-16-9(2)10(18(19)20)11(17-12)15-8-13(3)6-5-7-21-13/h4-8H2,1-3H3,(H2,14,15,16,17). The summed E-state index contributed by atoms with van der Waals surface area (Å²) in [7, 11) is 0. The van der Waals surface area contributed by atoms with Crippen molar-refractivity contribution in [3.63, 3.8) is 0 Å². The van der Waals surface area contributed by atoms with E-state index in [1.807, 2.05) is 18.7 Å². The van der Waals surface area contributed by atoms with E-state index in [0.29, 0.717) is 30.5 Å². The molecule has 116 valence electrons. The van der Waals surface area contributed by atoms with Crippen molar-refractivity contribution < 1.29 is 4.92 Å². The molecule has 7 nitrogen and oxygen atoms in total. The van der Waals surface area contributed by atoms with Gasteiger partial charge in [-0.3, -0.25) is 10.1 Å². The van der Waals surface area contributed by atoms with Crippen molar-refractivity contribution in [2.75, 3.05) is 29.5 Å². The zero-order valence-corrected chi connectivity index (χ0v) is 13.4. The molecule has 1 fully saturated rings. The van der Waals surface area contributed by atoms with Crippen LogP contribution in [0.5, 0.6) is 0 Å². The van der Waals surface area contributed by atoms with Crippen molar-refractivity contribution in [2.45, 2.75) is 38.4 Å². The van der Waals surface area contributed by atoms with E-state index in [1.54, 1.807) is 6.92 Å². The summed E-state index contributed by atoms with van der Waals surface area (Å²) in [6.45, 7) is 7.09. The average molecular weight is 311 g/mol. The number of aryl methyl sites for hydroxylation is 1. The molecule has 1 saturated heterocycles. The lowest BCUT2D eigenvalue weighted by atomic mass is 10.1. The highest BCUT2D eigenvalue weighted by molar-refractivity contribution is 8.00. The molecule has 1 aromatic heterocycles. The van der Waals surface area contributed by atoms with Crippen LogP contribution in [0.15, 0.2) is 0 Å². The van der Waals surface area contributed by atoms with E-state index in [4.69, 9.17) is 0 Å². The van der Waals surface area contributed by atoms with Gasteiger partial charge < -0.3 is 10.6 Å². The van der Waals surface area contributed by atoms with Gasteiger partial charge in [0.15, 0.2) is 0 Å². The van der Waals surface area contributed by atoms with E-state index < -0.39 is 4.92 Å². The quantitative estimate of drug-likeness (QED) is 0.616. The van der Waals surface area contributed by atoms with Crippen LogP contribution in [0.1, 0.15) is 32.4 Å². The third kappa shape index (κ3) is 3.75. The van der Waals surface area contributed by atoms with Crippen molar-refractivity contribution in [3.05, 3.63) is 15.8 Å². The summed E-state index contributed by atoms with van der Waals surface area (Å²) in [6.07, 6.45) is 2.30. The Balaban J connectivity index is 2.24. The molecule has 1 atom stereocenters. The number of aromatic nitrogens is 2. The maximum atomic E-state index is 11.2. The minimum Gasteiger partial charge on any atom is -0.363 e. The van der Waals surface area contributed by atoms with Gasteiger partial charge in [-0.05, 0) is 39.4 Å². The molecular weight excluding hydrogens is 290 g/mol. The van der Waals surface area contributed by atoms with Crippen LogP contribution in [0, 0.1) is 17.0 Å². The van der Waals surface area contributed by atoms with Crippen LogP contribution < -0.4 is 10.6 Å². The van der Waals surface area contributed by atoms with E-state index in [-0.39, 0.29) is 10.4 Å². The van der Waals surface area contributed by atoms with Gasteiger partial charge in [-0.2, -0.15) is 16.7 Å². The molecular formula is C13H21N5O2S. The number of anilines is 2. The Morgan fingerprint density at radius 3 is 2.76 bits per heavy atom. The van der Waals surface area contributed by atoms with Gasteiger partial charge in [0.2, 0.25) is 11.8 Å². The highest BCUT2D eigenvalue weighted by atomic mass is 32.2. The lowest BCUT2D eigenvalue weighted by Gasteiger charge is -2.23. The van der Waals surface area contributed by atoms with Gasteiger partial charge in [0.05, 0.1) is 4.92 Å². The monoisotopic (exact) mass is 311 g/mol. The second-order valence-electron chi connectivity index (χ2n) is 5.37. The van der Waals surface area contributed by atoms with Gasteiger partial charge in [0.25, 0.3) is 0 Å². The molecule has 0 aromatic carbocycles. The lowest BCUT2D eigenvalue weighted by molar-refractivity contribution is -0.385. The Labute approximate surface area is 128 Å². The van der Waals surface area contributed by atoms with Crippen molar-refractivity contribution >= 4 is 29.2 Å². The van der Waals surface area contributed by atoms with Crippen LogP contribution in [0.3, 0.4) is 0 Å². The van der Waals surface area contributed by atoms with Gasteiger partial charge in [0, 0.05) is 17.8 Å². The fourth-order valence-corrected chi connectivity index (χ4v) is 3.64. The van der Waals surface area contributed by atoms with E-state index in [9.17, 15) is 10.1 Å². The first-order chi connectivity index (χ1) is 9.95. The zero-order chi connectivity index (χ0) is 15.5. The number of thioether (sulfide) groups is 1. The second kappa shape index (κ2) is 6.46. The Hall–Kier alpha value is -1.57. The van der Waals surface area contributed by atoms with Crippen LogP contribution in [-0.2, 0) is 0 Å². The first-order valence-corrected chi connectivity index (χ1v) is 8.08. The summed E-state index contributed by atoms with van der Waals surface area (Å²) < 4.78 is 0.116. The Kier molecular flexibility index (Phi) is 4.87. The molecule has 2 rings (SSSR count). The smallest absolute Gasteiger partial charge is 0.332 e. The maximum Gasteiger partial charge on any atom is 0.332 e. The van der Waals surface area contributed by atoms with E-state index in [1.165, 1.54) is 6.42 Å². The molecule has 1 aromatic rings. The first-order valence-electron chi connectivity index (χ1n) is 7.10. The number of nitro groups is 1. The maximum absolute atomic E-state index is 11.2. The molecule has 1 aliphatic heterocycles. The minimum absolute atomic E-state index is 0.0387. The van der Waals surface area contributed by atoms with E-state index >= 15 is 0 Å². The summed E-state index contributed by atoms with van der Waals surface area (Å²) in [5.74, 6) is 1.87. The van der Waals surface area contributed by atoms with Gasteiger partial charge in [-0.25, -0.2) is 4.98 Å². The molecule has 8 heteroatoms. The zero-order valence-electron chi connectivity index (χ0n) is 12.6. The Bertz CT molecular complexity index is 532. The Morgan fingerprint density at radius 1 is 1.43 bits per heavy atom. The van der Waals surface area contributed by atoms with Crippen LogP contribution in [0.4, 0.5) is 17.5 Å². The molecule has 2 N–H and O–H groups in total. The van der Waals surface area contributed by atoms with E-state index in [2.05, 4.69) is 27.5 Å². The summed E-state index contributed by atoms with van der Waals surface area (Å²) in [4.78, 5) is 19.2. The number of hydrogen-bond donors (Lipinski definition) is 2. The summed E-state index contributed by atoms with van der Waals surface area (Å²) in [5.41, 5.74) is 0.334. The molecule has 0 radical (unpaired) electrons. The molecule has 2 heterocycles. The van der Waals surface area contributed by atoms with Crippen LogP contribution in [0.2, 0.25) is 0 Å². The van der Waals surface area contributed by atoms with Gasteiger partial charge >= 0.3 is 5.69 Å². The number of hydrogen-bond acceptors (Lipinski definition) is 7. The topological polar surface area (TPSA) is 93.0 Å². The minimum atomic E-state index is -0.419. The molecule has 0 bridgehead atoms. The predicted octanol–water partition coefficient (Wildman–Crippen LogP) is 2.82. The van der Waals surface area contributed by atoms with Crippen molar-refractivity contribution in [1.82, 2.24) is 9.97 Å². The van der Waals surface area contributed by atoms with Crippen LogP contribution in [0.25, 0.3) is 0 Å². The SMILES string of the molecule is CCNc1nc(C)c([N+](=O)[O-])c(NCC2(C)CCCS2)n1. The molecule has 0 amide bonds. The summed E-state index contributed by atoms with van der Waals surface area (Å²) in [5, 5.41) is 17.4. The van der Waals surface area contributed by atoms with Gasteiger partial charge in [-0.15, -0.1) is 0 Å². The lowest BCUT2D eigenvalue weighted by Crippen LogP contribution is -2.28. The summed E-state index contributed by atoms with van der Waals surface area (Å²) >= 11 is 1.91. The first kappa shape index (κ1) is 15.8. The van der Waals surface area contributed by atoms with E-state index in [0.717, 1.165) is 12.2 Å². The number of nitrogens with one attached hydrogen (secondary N) is 2. The normalized spacial score (nSPS) is 21.3. The molecule has 1 aliphatic rings. The largest absolute Gasteiger partial charge is 0.363 e. The van der Waals surface area contributed by atoms with Gasteiger partial charge in [-0.1, -0.05) is 0 Å². The molecule has 0 saturated carbocycles. The third-order valence-electron chi connectivity index (χ3n) is 3.51. The van der Waals surface area contributed by atoms with Crippen molar-refractivity contribution in [3.8, 4) is 0 Å². The van der Waals surface area contributed by atoms with Crippen LogP contribution in [-0.4, -0.2) is 38.5 Å². The molecule has 0 aliphatic carbocycles. The highest BCUT2D eigenvalue weighted by Crippen LogP contribution is 2.38. The van der Waals surface area contributed by atoms with Crippen molar-refractivity contribution in [1.29, 1.82) is 0 Å². The predicted molar refractivity (Wildman–Crippen MR) is 86.2 cm³/mol. The Morgan fingerprint density at radius 2 is 2.19 bits per heavy atom. The van der Waals surface area contributed by atoms with Crippen LogP contribution >= 0.6 is 11.8 Å². The molecule has 1 unspecified atom stereocenters. The third-order valence-corrected chi connectivity index (χ3v) is 5.04. The fourth-order valence-electron chi connectivity index (χ4n) is 2.39. The number of rotatable bonds is 6. The van der Waals surface area contributed by atoms with Crippen molar-refractivity contribution in [2.24, 2.45) is 0 Å². The number of nitrogens with zero attached hydrogens (tertiary/aromatic N) is 3. The van der Waals surface area contributed by atoms with Gasteiger partial charge in [0.1, 0.15) is 5.69 Å². The molecule has 21 heavy (non-hydrogen) atoms. The molecule has 0 spiro atoms. The average Bonchev–Trinajstić information content (AvgIpc) is 2.83. The highest BCUT2D eigenvalue weighted by Gasteiger charge is 2.31. The fraction of sp³-hybridized carbons (Fsp3) is 0.692.